The van der Waals surface area contributed by atoms with E-state index >= 15 is 0 Å². The van der Waals surface area contributed by atoms with E-state index in [4.69, 9.17) is 4.74 Å². The summed E-state index contributed by atoms with van der Waals surface area (Å²) in [5.74, 6) is 0.660. The lowest BCUT2D eigenvalue weighted by Crippen LogP contribution is -2.03. The van der Waals surface area contributed by atoms with E-state index in [0.29, 0.717) is 17.0 Å². The number of hydrogen-bond donors (Lipinski definition) is 3. The fourth-order valence-electron chi connectivity index (χ4n) is 2.40. The second-order valence-corrected chi connectivity index (χ2v) is 5.76. The van der Waals surface area contributed by atoms with Gasteiger partial charge in [0.05, 0.1) is 13.3 Å². The Morgan fingerprint density at radius 2 is 1.79 bits per heavy atom. The van der Waals surface area contributed by atoms with Crippen LogP contribution in [0.15, 0.2) is 52.2 Å². The van der Waals surface area contributed by atoms with E-state index in [0.717, 1.165) is 0 Å². The molecule has 0 bridgehead atoms. The minimum Gasteiger partial charge on any atom is -0.507 e. The molecule has 4 rings (SSSR count). The Labute approximate surface area is 163 Å². The molecular weight excluding hydrogens is 381 g/mol. The van der Waals surface area contributed by atoms with E-state index in [2.05, 4.69) is 40.8 Å². The molecule has 0 unspecified atom stereocenters. The number of methoxy groups -OCH3 is 1. The highest BCUT2D eigenvalue weighted by Gasteiger charge is 2.13. The molecule has 2 heterocycles. The molecule has 3 N–H and O–H groups in total. The van der Waals surface area contributed by atoms with Gasteiger partial charge in [-0.1, -0.05) is 0 Å². The van der Waals surface area contributed by atoms with Gasteiger partial charge < -0.3 is 15.2 Å². The average molecular weight is 395 g/mol. The predicted octanol–water partition coefficient (Wildman–Crippen LogP) is 3.06. The number of rotatable bonds is 6. The zero-order valence-electron chi connectivity index (χ0n) is 15.0. The number of anilines is 3. The maximum atomic E-state index is 13.1. The third-order valence-electron chi connectivity index (χ3n) is 3.83. The van der Waals surface area contributed by atoms with Gasteiger partial charge in [0.1, 0.15) is 17.3 Å². The molecule has 2 aromatic heterocycles. The monoisotopic (exact) mass is 395 g/mol. The van der Waals surface area contributed by atoms with Gasteiger partial charge in [-0.15, -0.1) is 0 Å². The Hall–Kier alpha value is -4.28. The van der Waals surface area contributed by atoms with Crippen LogP contribution in [0.2, 0.25) is 0 Å². The van der Waals surface area contributed by atoms with Crippen molar-refractivity contribution >= 4 is 34.8 Å². The number of aromatic nitrogens is 4. The molecule has 4 aromatic rings. The standard InChI is InChI=1S/C18H14FN7O3/c1-28-13-7-2-10(14(27)8-13)9-20-24-16-15(21-12-5-3-11(19)4-6-12)22-17-18(23-16)26-29-25-17/h2-9,27H,1H3,(H,21,22,25)(H,23,24,26)/b20-9+. The first-order valence-electron chi connectivity index (χ1n) is 8.31. The van der Waals surface area contributed by atoms with Crippen molar-refractivity contribution in [3.05, 3.63) is 53.8 Å². The first kappa shape index (κ1) is 18.1. The molecule has 2 aromatic carbocycles. The van der Waals surface area contributed by atoms with Crippen molar-refractivity contribution < 1.29 is 18.9 Å². The molecule has 0 radical (unpaired) electrons. The summed E-state index contributed by atoms with van der Waals surface area (Å²) in [5.41, 5.74) is 4.15. The number of ether oxygens (including phenoxy) is 1. The molecule has 11 heteroatoms. The second-order valence-electron chi connectivity index (χ2n) is 5.76. The van der Waals surface area contributed by atoms with Crippen molar-refractivity contribution in [2.45, 2.75) is 0 Å². The average Bonchev–Trinajstić information content (AvgIpc) is 3.18. The van der Waals surface area contributed by atoms with Crippen LogP contribution in [0, 0.1) is 5.82 Å². The molecule has 0 fully saturated rings. The molecule has 0 spiro atoms. The number of halogens is 1. The number of nitrogens with zero attached hydrogens (tertiary/aromatic N) is 5. The zero-order valence-corrected chi connectivity index (χ0v) is 15.0. The number of phenolic OH excluding ortho intramolecular Hbond substituents is 1. The Bertz CT molecular complexity index is 1180. The maximum Gasteiger partial charge on any atom is 0.245 e. The van der Waals surface area contributed by atoms with Crippen molar-refractivity contribution in [2.75, 3.05) is 17.9 Å². The van der Waals surface area contributed by atoms with Crippen molar-refractivity contribution in [1.29, 1.82) is 0 Å². The smallest absolute Gasteiger partial charge is 0.245 e. The third kappa shape index (κ3) is 4.03. The number of hydrazone groups is 1. The van der Waals surface area contributed by atoms with Gasteiger partial charge in [-0.2, -0.15) is 10.1 Å². The van der Waals surface area contributed by atoms with E-state index < -0.39 is 0 Å². The number of aromatic hydroxyl groups is 1. The van der Waals surface area contributed by atoms with E-state index in [1.807, 2.05) is 0 Å². The Balaban J connectivity index is 1.60. The topological polar surface area (TPSA) is 131 Å². The van der Waals surface area contributed by atoms with Crippen LogP contribution in [0.4, 0.5) is 21.7 Å². The van der Waals surface area contributed by atoms with Crippen LogP contribution < -0.4 is 15.5 Å². The van der Waals surface area contributed by atoms with Gasteiger partial charge in [-0.05, 0) is 46.7 Å². The summed E-state index contributed by atoms with van der Waals surface area (Å²) in [6, 6.07) is 10.5. The molecule has 10 nitrogen and oxygen atoms in total. The SMILES string of the molecule is COc1ccc(/C=N/Nc2nc3nonc3nc2Nc2ccc(F)cc2)c(O)c1. The number of hydrogen-bond acceptors (Lipinski definition) is 10. The predicted molar refractivity (Wildman–Crippen MR) is 103 cm³/mol. The summed E-state index contributed by atoms with van der Waals surface area (Å²) in [7, 11) is 1.51. The zero-order chi connectivity index (χ0) is 20.2. The van der Waals surface area contributed by atoms with Crippen LogP contribution in [-0.4, -0.2) is 38.7 Å². The molecule has 0 saturated heterocycles. The van der Waals surface area contributed by atoms with Crippen LogP contribution >= 0.6 is 0 Å². The third-order valence-corrected chi connectivity index (χ3v) is 3.83. The second kappa shape index (κ2) is 7.76. The molecule has 29 heavy (non-hydrogen) atoms. The van der Waals surface area contributed by atoms with Gasteiger partial charge in [-0.25, -0.2) is 14.0 Å². The van der Waals surface area contributed by atoms with Crippen LogP contribution in [0.1, 0.15) is 5.56 Å². The Morgan fingerprint density at radius 3 is 2.48 bits per heavy atom. The first-order chi connectivity index (χ1) is 14.1. The van der Waals surface area contributed by atoms with E-state index in [1.165, 1.54) is 31.5 Å². The largest absolute Gasteiger partial charge is 0.507 e. The molecule has 0 saturated carbocycles. The van der Waals surface area contributed by atoms with Crippen molar-refractivity contribution in [3.63, 3.8) is 0 Å². The summed E-state index contributed by atoms with van der Waals surface area (Å²) < 4.78 is 22.8. The first-order valence-corrected chi connectivity index (χ1v) is 8.31. The fraction of sp³-hybridized carbons (Fsp3) is 0.0556. The normalized spacial score (nSPS) is 11.1. The minimum atomic E-state index is -0.361. The highest BCUT2D eigenvalue weighted by Crippen LogP contribution is 2.25. The quantitative estimate of drug-likeness (QED) is 0.333. The lowest BCUT2D eigenvalue weighted by atomic mass is 10.2. The van der Waals surface area contributed by atoms with Gasteiger partial charge in [0, 0.05) is 17.3 Å². The molecule has 0 atom stereocenters. The molecule has 0 aliphatic carbocycles. The number of phenols is 1. The van der Waals surface area contributed by atoms with Crippen molar-refractivity contribution in [1.82, 2.24) is 20.3 Å². The van der Waals surface area contributed by atoms with Gasteiger partial charge in [0.2, 0.25) is 11.3 Å². The van der Waals surface area contributed by atoms with Crippen LogP contribution in [0.3, 0.4) is 0 Å². The number of benzene rings is 2. The van der Waals surface area contributed by atoms with E-state index in [-0.39, 0.29) is 34.5 Å². The van der Waals surface area contributed by atoms with E-state index in [9.17, 15) is 9.50 Å². The van der Waals surface area contributed by atoms with Gasteiger partial charge in [0.15, 0.2) is 11.6 Å². The number of fused-ring (bicyclic) bond motifs is 1. The summed E-state index contributed by atoms with van der Waals surface area (Å²) in [6.45, 7) is 0. The van der Waals surface area contributed by atoms with Crippen molar-refractivity contribution in [3.8, 4) is 11.5 Å². The van der Waals surface area contributed by atoms with Crippen LogP contribution in [-0.2, 0) is 0 Å². The van der Waals surface area contributed by atoms with Crippen molar-refractivity contribution in [2.24, 2.45) is 5.10 Å². The Kier molecular flexibility index (Phi) is 4.84. The van der Waals surface area contributed by atoms with Gasteiger partial charge >= 0.3 is 0 Å². The number of nitrogens with one attached hydrogen (secondary N) is 2. The fourth-order valence-corrected chi connectivity index (χ4v) is 2.40. The highest BCUT2D eigenvalue weighted by molar-refractivity contribution is 5.85. The van der Waals surface area contributed by atoms with Crippen LogP contribution in [0.25, 0.3) is 11.3 Å². The molecular formula is C18H14FN7O3. The Morgan fingerprint density at radius 1 is 1.07 bits per heavy atom. The van der Waals surface area contributed by atoms with E-state index in [1.54, 1.807) is 24.3 Å². The summed E-state index contributed by atoms with van der Waals surface area (Å²) in [5, 5.41) is 24.4. The molecule has 0 amide bonds. The lowest BCUT2D eigenvalue weighted by molar-refractivity contribution is 0.314. The lowest BCUT2D eigenvalue weighted by Gasteiger charge is -2.09. The molecule has 0 aliphatic heterocycles. The maximum absolute atomic E-state index is 13.1. The highest BCUT2D eigenvalue weighted by atomic mass is 19.1. The van der Waals surface area contributed by atoms with Crippen LogP contribution in [0.5, 0.6) is 11.5 Å². The summed E-state index contributed by atoms with van der Waals surface area (Å²) in [6.07, 6.45) is 1.41. The summed E-state index contributed by atoms with van der Waals surface area (Å²) in [4.78, 5) is 8.54. The summed E-state index contributed by atoms with van der Waals surface area (Å²) >= 11 is 0. The van der Waals surface area contributed by atoms with Gasteiger partial charge in [-0.3, -0.25) is 5.43 Å². The van der Waals surface area contributed by atoms with Gasteiger partial charge in [0.25, 0.3) is 0 Å². The minimum absolute atomic E-state index is 0.00166. The molecule has 0 aliphatic rings. The molecule has 146 valence electrons.